The quantitative estimate of drug-likeness (QED) is 0.524. The molecule has 0 saturated heterocycles. The van der Waals surface area contributed by atoms with Crippen molar-refractivity contribution in [3.63, 3.8) is 0 Å². The number of nitrogens with two attached hydrogens (primary N) is 1. The molecule has 0 aliphatic carbocycles. The highest BCUT2D eigenvalue weighted by atomic mass is 16.2. The van der Waals surface area contributed by atoms with Gasteiger partial charge in [-0.1, -0.05) is 60.7 Å². The minimum absolute atomic E-state index is 0.0120. The maximum atomic E-state index is 12.7. The van der Waals surface area contributed by atoms with Crippen molar-refractivity contribution in [2.75, 3.05) is 11.1 Å². The molecule has 0 atom stereocenters. The molecule has 0 amide bonds. The van der Waals surface area contributed by atoms with E-state index in [4.69, 9.17) is 5.73 Å². The number of aromatic nitrogens is 2. The van der Waals surface area contributed by atoms with Gasteiger partial charge in [0.05, 0.1) is 0 Å². The molecule has 0 fully saturated rings. The maximum absolute atomic E-state index is 12.7. The second-order valence-corrected chi connectivity index (χ2v) is 6.25. The van der Waals surface area contributed by atoms with Gasteiger partial charge in [-0.3, -0.25) is 18.7 Å². The molecule has 0 aliphatic heterocycles. The molecule has 7 nitrogen and oxygen atoms in total. The average Bonchev–Trinajstić information content (AvgIpc) is 2.74. The van der Waals surface area contributed by atoms with Crippen LogP contribution in [0.4, 0.5) is 11.5 Å². The fraction of sp³-hybridized carbons (Fsp3) is 0.0952. The molecule has 142 valence electrons. The number of nitrogen functional groups attached to an aromatic ring is 1. The molecule has 3 N–H and O–H groups in total. The molecular formula is C21H20N4O3. The van der Waals surface area contributed by atoms with Gasteiger partial charge in [-0.25, -0.2) is 4.79 Å². The third kappa shape index (κ3) is 3.64. The summed E-state index contributed by atoms with van der Waals surface area (Å²) in [5, 5.41) is 2.96. The van der Waals surface area contributed by atoms with Gasteiger partial charge in [0.25, 0.3) is 5.56 Å². The Morgan fingerprint density at radius 3 is 2.00 bits per heavy atom. The Bertz CT molecular complexity index is 1160. The van der Waals surface area contributed by atoms with Gasteiger partial charge in [-0.15, -0.1) is 0 Å². The topological polar surface area (TPSA) is 99.1 Å². The van der Waals surface area contributed by atoms with Crippen molar-refractivity contribution in [2.24, 2.45) is 14.1 Å². The molecule has 7 heteroatoms. The summed E-state index contributed by atoms with van der Waals surface area (Å²) in [6.45, 7) is 0. The molecule has 0 aliphatic rings. The van der Waals surface area contributed by atoms with Gasteiger partial charge in [0, 0.05) is 31.4 Å². The molecule has 1 heterocycles. The summed E-state index contributed by atoms with van der Waals surface area (Å²) < 4.78 is 2.13. The largest absolute Gasteiger partial charge is 0.383 e. The summed E-state index contributed by atoms with van der Waals surface area (Å²) in [6.07, 6.45) is 1.41. The van der Waals surface area contributed by atoms with E-state index >= 15 is 0 Å². The number of hydrogen-bond donors (Lipinski definition) is 2. The molecule has 2 aromatic carbocycles. The average molecular weight is 376 g/mol. The third-order valence-electron chi connectivity index (χ3n) is 4.39. The van der Waals surface area contributed by atoms with Crippen LogP contribution in [-0.4, -0.2) is 14.9 Å². The van der Waals surface area contributed by atoms with E-state index in [1.807, 2.05) is 24.3 Å². The number of ketones is 1. The lowest BCUT2D eigenvalue weighted by Crippen LogP contribution is -2.39. The molecule has 28 heavy (non-hydrogen) atoms. The van der Waals surface area contributed by atoms with Crippen LogP contribution in [0.25, 0.3) is 5.70 Å². The first-order valence-electron chi connectivity index (χ1n) is 8.59. The standard InChI is InChI=1S/C21H20N4O3/c1-24-19(22)18(20(27)25(2)21(24)28)23-16(14-9-5-3-6-10-14)13-17(26)15-11-7-4-8-12-15/h3-13,23H,22H2,1-2H3/b16-13+. The number of nitrogens with zero attached hydrogens (tertiary/aromatic N) is 2. The van der Waals surface area contributed by atoms with Crippen molar-refractivity contribution in [3.8, 4) is 0 Å². The van der Waals surface area contributed by atoms with Gasteiger partial charge in [-0.2, -0.15) is 0 Å². The van der Waals surface area contributed by atoms with Crippen LogP contribution in [0, 0.1) is 0 Å². The fourth-order valence-corrected chi connectivity index (χ4v) is 2.74. The SMILES string of the molecule is Cn1c(N)c(N/C(=C/C(=O)c2ccccc2)c2ccccc2)c(=O)n(C)c1=O. The third-order valence-corrected chi connectivity index (χ3v) is 4.39. The first-order valence-corrected chi connectivity index (χ1v) is 8.59. The first-order chi connectivity index (χ1) is 13.4. The summed E-state index contributed by atoms with van der Waals surface area (Å²) in [5.41, 5.74) is 6.53. The van der Waals surface area contributed by atoms with E-state index in [9.17, 15) is 14.4 Å². The molecule has 0 unspecified atom stereocenters. The van der Waals surface area contributed by atoms with Crippen molar-refractivity contribution < 1.29 is 4.79 Å². The predicted octanol–water partition coefficient (Wildman–Crippen LogP) is 2.00. The highest BCUT2D eigenvalue weighted by Gasteiger charge is 2.16. The van der Waals surface area contributed by atoms with Crippen LogP contribution in [0.3, 0.4) is 0 Å². The number of allylic oxidation sites excluding steroid dienone is 1. The monoisotopic (exact) mass is 376 g/mol. The molecule has 0 bridgehead atoms. The van der Waals surface area contributed by atoms with Crippen molar-refractivity contribution >= 4 is 23.0 Å². The second-order valence-electron chi connectivity index (χ2n) is 6.25. The Morgan fingerprint density at radius 1 is 0.893 bits per heavy atom. The van der Waals surface area contributed by atoms with Crippen LogP contribution < -0.4 is 22.3 Å². The number of anilines is 2. The van der Waals surface area contributed by atoms with Gasteiger partial charge in [0.2, 0.25) is 0 Å². The Morgan fingerprint density at radius 2 is 1.43 bits per heavy atom. The van der Waals surface area contributed by atoms with Crippen molar-refractivity contribution in [1.82, 2.24) is 9.13 Å². The molecule has 3 rings (SSSR count). The zero-order chi connectivity index (χ0) is 20.3. The van der Waals surface area contributed by atoms with Crippen molar-refractivity contribution in [1.29, 1.82) is 0 Å². The minimum atomic E-state index is -0.574. The lowest BCUT2D eigenvalue weighted by atomic mass is 10.1. The van der Waals surface area contributed by atoms with E-state index in [0.29, 0.717) is 16.8 Å². The van der Waals surface area contributed by atoms with E-state index < -0.39 is 11.2 Å². The summed E-state index contributed by atoms with van der Waals surface area (Å²) in [6, 6.07) is 17.9. The van der Waals surface area contributed by atoms with Gasteiger partial charge in [-0.05, 0) is 5.56 Å². The number of nitrogens with one attached hydrogen (secondary N) is 1. The smallest absolute Gasteiger partial charge is 0.332 e. The zero-order valence-corrected chi connectivity index (χ0v) is 15.5. The Kier molecular flexibility index (Phi) is 5.26. The van der Waals surface area contributed by atoms with E-state index in [-0.39, 0.29) is 17.3 Å². The maximum Gasteiger partial charge on any atom is 0.332 e. The predicted molar refractivity (Wildman–Crippen MR) is 110 cm³/mol. The van der Waals surface area contributed by atoms with E-state index in [1.165, 1.54) is 24.7 Å². The van der Waals surface area contributed by atoms with Crippen LogP contribution in [0.5, 0.6) is 0 Å². The molecule has 0 spiro atoms. The van der Waals surface area contributed by atoms with Gasteiger partial charge >= 0.3 is 5.69 Å². The van der Waals surface area contributed by atoms with E-state index in [1.54, 1.807) is 36.4 Å². The number of hydrogen-bond acceptors (Lipinski definition) is 5. The summed E-state index contributed by atoms with van der Waals surface area (Å²) in [4.78, 5) is 37.3. The molecule has 1 aromatic heterocycles. The summed E-state index contributed by atoms with van der Waals surface area (Å²) in [7, 11) is 2.85. The van der Waals surface area contributed by atoms with Crippen LogP contribution in [0.2, 0.25) is 0 Å². The second kappa shape index (κ2) is 7.79. The molecule has 0 radical (unpaired) electrons. The number of benzene rings is 2. The molecular weight excluding hydrogens is 356 g/mol. The molecule has 3 aromatic rings. The molecule has 0 saturated carbocycles. The highest BCUT2D eigenvalue weighted by molar-refractivity contribution is 6.09. The van der Waals surface area contributed by atoms with Crippen LogP contribution in [-0.2, 0) is 14.1 Å². The lowest BCUT2D eigenvalue weighted by molar-refractivity contribution is 0.104. The summed E-state index contributed by atoms with van der Waals surface area (Å²) in [5.74, 6) is -0.241. The fourth-order valence-electron chi connectivity index (χ4n) is 2.74. The van der Waals surface area contributed by atoms with Crippen molar-refractivity contribution in [2.45, 2.75) is 0 Å². The van der Waals surface area contributed by atoms with Crippen LogP contribution in [0.15, 0.2) is 76.3 Å². The number of rotatable bonds is 5. The number of carbonyl (C=O) groups excluding carboxylic acids is 1. The van der Waals surface area contributed by atoms with Crippen LogP contribution in [0.1, 0.15) is 15.9 Å². The van der Waals surface area contributed by atoms with Gasteiger partial charge < -0.3 is 11.1 Å². The van der Waals surface area contributed by atoms with E-state index in [0.717, 1.165) is 4.57 Å². The lowest BCUT2D eigenvalue weighted by Gasteiger charge is -2.15. The minimum Gasteiger partial charge on any atom is -0.383 e. The van der Waals surface area contributed by atoms with Gasteiger partial charge in [0.1, 0.15) is 11.5 Å². The number of carbonyl (C=O) groups is 1. The normalized spacial score (nSPS) is 11.3. The highest BCUT2D eigenvalue weighted by Crippen LogP contribution is 2.20. The summed E-state index contributed by atoms with van der Waals surface area (Å²) >= 11 is 0. The van der Waals surface area contributed by atoms with E-state index in [2.05, 4.69) is 5.32 Å². The van der Waals surface area contributed by atoms with Crippen LogP contribution >= 0.6 is 0 Å². The Balaban J connectivity index is 2.13. The first kappa shape index (κ1) is 18.9. The Hall–Kier alpha value is -3.87. The van der Waals surface area contributed by atoms with Crippen molar-refractivity contribution in [3.05, 3.63) is 98.7 Å². The van der Waals surface area contributed by atoms with Gasteiger partial charge in [0.15, 0.2) is 5.78 Å². The Labute approximate surface area is 161 Å². The zero-order valence-electron chi connectivity index (χ0n) is 15.5.